The zero-order valence-electron chi connectivity index (χ0n) is 12.1. The van der Waals surface area contributed by atoms with E-state index in [0.29, 0.717) is 32.5 Å². The normalized spacial score (nSPS) is 18.2. The van der Waals surface area contributed by atoms with Crippen molar-refractivity contribution in [2.75, 3.05) is 32.0 Å². The first-order valence-electron chi connectivity index (χ1n) is 7.04. The number of nitrogens with two attached hydrogens (primary N) is 1. The second kappa shape index (κ2) is 6.73. The molecular formula is C12H22N4O4S. The monoisotopic (exact) mass is 318 g/mol. The molecule has 1 aromatic rings. The molecule has 1 saturated heterocycles. The highest BCUT2D eigenvalue weighted by Gasteiger charge is 2.32. The third kappa shape index (κ3) is 3.54. The minimum Gasteiger partial charge on any atom is -0.394 e. The van der Waals surface area contributed by atoms with Gasteiger partial charge in [-0.25, -0.2) is 8.42 Å². The maximum atomic E-state index is 12.6. The van der Waals surface area contributed by atoms with Crippen LogP contribution in [0.5, 0.6) is 0 Å². The first kappa shape index (κ1) is 16.2. The minimum atomic E-state index is -3.61. The molecule has 2 rings (SSSR count). The van der Waals surface area contributed by atoms with E-state index in [4.69, 9.17) is 15.6 Å². The van der Waals surface area contributed by atoms with Crippen LogP contribution in [0.2, 0.25) is 0 Å². The van der Waals surface area contributed by atoms with Crippen molar-refractivity contribution in [1.82, 2.24) is 14.1 Å². The Labute approximate surface area is 124 Å². The summed E-state index contributed by atoms with van der Waals surface area (Å²) in [5.41, 5.74) is 5.71. The van der Waals surface area contributed by atoms with Gasteiger partial charge in [0.1, 0.15) is 4.90 Å². The molecule has 0 spiro atoms. The predicted octanol–water partition coefficient (Wildman–Crippen LogP) is -0.353. The molecule has 0 atom stereocenters. The van der Waals surface area contributed by atoms with E-state index in [9.17, 15) is 8.42 Å². The van der Waals surface area contributed by atoms with Crippen LogP contribution in [0.15, 0.2) is 11.1 Å². The Morgan fingerprint density at radius 2 is 2.14 bits per heavy atom. The van der Waals surface area contributed by atoms with Gasteiger partial charge in [-0.2, -0.15) is 9.40 Å². The van der Waals surface area contributed by atoms with E-state index in [0.717, 1.165) is 0 Å². The van der Waals surface area contributed by atoms with Crippen molar-refractivity contribution in [2.45, 2.75) is 37.3 Å². The predicted molar refractivity (Wildman–Crippen MR) is 77.1 cm³/mol. The van der Waals surface area contributed by atoms with Crippen molar-refractivity contribution in [1.29, 1.82) is 0 Å². The van der Waals surface area contributed by atoms with Crippen LogP contribution < -0.4 is 5.73 Å². The minimum absolute atomic E-state index is 0.000637. The third-order valence-electron chi connectivity index (χ3n) is 3.54. The van der Waals surface area contributed by atoms with Crippen LogP contribution >= 0.6 is 0 Å². The fourth-order valence-corrected chi connectivity index (χ4v) is 3.91. The van der Waals surface area contributed by atoms with Crippen molar-refractivity contribution >= 4 is 15.8 Å². The molecule has 1 aromatic heterocycles. The number of nitrogen functional groups attached to an aromatic ring is 1. The molecule has 9 heteroatoms. The Kier molecular flexibility index (Phi) is 5.20. The van der Waals surface area contributed by atoms with Crippen molar-refractivity contribution in [3.63, 3.8) is 0 Å². The van der Waals surface area contributed by atoms with E-state index in [1.165, 1.54) is 15.2 Å². The summed E-state index contributed by atoms with van der Waals surface area (Å²) in [6, 6.07) is 0. The van der Waals surface area contributed by atoms with E-state index < -0.39 is 10.0 Å². The van der Waals surface area contributed by atoms with Crippen molar-refractivity contribution in [2.24, 2.45) is 0 Å². The molecule has 0 unspecified atom stereocenters. The highest BCUT2D eigenvalue weighted by molar-refractivity contribution is 7.89. The van der Waals surface area contributed by atoms with E-state index in [1.54, 1.807) is 0 Å². The number of aromatic nitrogens is 2. The number of nitrogens with zero attached hydrogens (tertiary/aromatic N) is 3. The van der Waals surface area contributed by atoms with Gasteiger partial charge in [-0.05, 0) is 19.8 Å². The molecule has 0 amide bonds. The van der Waals surface area contributed by atoms with Gasteiger partial charge in [0.25, 0.3) is 0 Å². The SMILES string of the molecule is CCn1cc(S(=O)(=O)N2CCC(OCCO)CC2)c(N)n1. The zero-order chi connectivity index (χ0) is 15.5. The molecule has 21 heavy (non-hydrogen) atoms. The van der Waals surface area contributed by atoms with Gasteiger partial charge in [0.2, 0.25) is 10.0 Å². The molecule has 8 nitrogen and oxygen atoms in total. The van der Waals surface area contributed by atoms with Gasteiger partial charge in [0, 0.05) is 25.8 Å². The van der Waals surface area contributed by atoms with Gasteiger partial charge >= 0.3 is 0 Å². The Morgan fingerprint density at radius 1 is 1.48 bits per heavy atom. The van der Waals surface area contributed by atoms with Crippen LogP contribution in [0.3, 0.4) is 0 Å². The van der Waals surface area contributed by atoms with Crippen LogP contribution in [0.1, 0.15) is 19.8 Å². The average Bonchev–Trinajstić information content (AvgIpc) is 2.87. The van der Waals surface area contributed by atoms with Gasteiger partial charge in [-0.3, -0.25) is 4.68 Å². The second-order valence-electron chi connectivity index (χ2n) is 4.93. The third-order valence-corrected chi connectivity index (χ3v) is 5.46. The van der Waals surface area contributed by atoms with Crippen LogP contribution in [0, 0.1) is 0 Å². The number of hydrogen-bond donors (Lipinski definition) is 2. The van der Waals surface area contributed by atoms with Gasteiger partial charge < -0.3 is 15.6 Å². The van der Waals surface area contributed by atoms with E-state index in [2.05, 4.69) is 5.10 Å². The fraction of sp³-hybridized carbons (Fsp3) is 0.750. The van der Waals surface area contributed by atoms with E-state index in [1.807, 2.05) is 6.92 Å². The summed E-state index contributed by atoms with van der Waals surface area (Å²) < 4.78 is 33.5. The number of anilines is 1. The lowest BCUT2D eigenvalue weighted by atomic mass is 10.1. The lowest BCUT2D eigenvalue weighted by Crippen LogP contribution is -2.41. The van der Waals surface area contributed by atoms with Crippen LogP contribution in [0.4, 0.5) is 5.82 Å². The maximum Gasteiger partial charge on any atom is 0.248 e. The molecule has 0 aromatic carbocycles. The molecule has 2 heterocycles. The van der Waals surface area contributed by atoms with Crippen molar-refractivity contribution in [3.8, 4) is 0 Å². The molecule has 1 fully saturated rings. The number of piperidine rings is 1. The number of hydrogen-bond acceptors (Lipinski definition) is 6. The second-order valence-corrected chi connectivity index (χ2v) is 6.84. The first-order valence-corrected chi connectivity index (χ1v) is 8.48. The topological polar surface area (TPSA) is 111 Å². The summed E-state index contributed by atoms with van der Waals surface area (Å²) >= 11 is 0. The van der Waals surface area contributed by atoms with Gasteiger partial charge in [0.15, 0.2) is 5.82 Å². The van der Waals surface area contributed by atoms with E-state index >= 15 is 0 Å². The number of ether oxygens (including phenoxy) is 1. The molecule has 0 bridgehead atoms. The van der Waals surface area contributed by atoms with E-state index in [-0.39, 0.29) is 30.0 Å². The smallest absolute Gasteiger partial charge is 0.248 e. The average molecular weight is 318 g/mol. The summed E-state index contributed by atoms with van der Waals surface area (Å²) in [5.74, 6) is 0.0375. The first-order chi connectivity index (χ1) is 9.98. The van der Waals surface area contributed by atoms with Crippen molar-refractivity contribution in [3.05, 3.63) is 6.20 Å². The van der Waals surface area contributed by atoms with Crippen LogP contribution in [-0.4, -0.2) is 60.0 Å². The molecule has 0 aliphatic carbocycles. The Hall–Kier alpha value is -1.16. The molecule has 120 valence electrons. The Bertz CT molecular complexity index is 564. The summed E-state index contributed by atoms with van der Waals surface area (Å²) in [7, 11) is -3.61. The van der Waals surface area contributed by atoms with Crippen LogP contribution in [-0.2, 0) is 21.3 Å². The lowest BCUT2D eigenvalue weighted by Gasteiger charge is -2.30. The van der Waals surface area contributed by atoms with Gasteiger partial charge in [-0.15, -0.1) is 0 Å². The molecule has 1 aliphatic heterocycles. The number of aliphatic hydroxyl groups is 1. The highest BCUT2D eigenvalue weighted by atomic mass is 32.2. The largest absolute Gasteiger partial charge is 0.394 e. The lowest BCUT2D eigenvalue weighted by molar-refractivity contribution is 0.00319. The van der Waals surface area contributed by atoms with Gasteiger partial charge in [0.05, 0.1) is 19.3 Å². The quantitative estimate of drug-likeness (QED) is 0.741. The Morgan fingerprint density at radius 3 is 2.67 bits per heavy atom. The molecule has 1 aliphatic rings. The van der Waals surface area contributed by atoms with Gasteiger partial charge in [-0.1, -0.05) is 0 Å². The number of rotatable bonds is 6. The van der Waals surface area contributed by atoms with Crippen LogP contribution in [0.25, 0.3) is 0 Å². The molecule has 0 saturated carbocycles. The summed E-state index contributed by atoms with van der Waals surface area (Å²) in [6.07, 6.45) is 2.69. The zero-order valence-corrected chi connectivity index (χ0v) is 12.9. The fourth-order valence-electron chi connectivity index (χ4n) is 2.38. The summed E-state index contributed by atoms with van der Waals surface area (Å²) in [5, 5.41) is 12.7. The summed E-state index contributed by atoms with van der Waals surface area (Å²) in [4.78, 5) is 0.0686. The molecule has 0 radical (unpaired) electrons. The molecule has 3 N–H and O–H groups in total. The highest BCUT2D eigenvalue weighted by Crippen LogP contribution is 2.25. The maximum absolute atomic E-state index is 12.6. The van der Waals surface area contributed by atoms with Crippen molar-refractivity contribution < 1.29 is 18.3 Å². The Balaban J connectivity index is 2.06. The number of sulfonamides is 1. The summed E-state index contributed by atoms with van der Waals surface area (Å²) in [6.45, 7) is 3.47. The number of aliphatic hydroxyl groups excluding tert-OH is 1. The molecular weight excluding hydrogens is 296 g/mol. The standard InChI is InChI=1S/C12H22N4O4S/c1-2-15-9-11(12(13)14-15)21(18,19)16-5-3-10(4-6-16)20-8-7-17/h9-10,17H,2-8H2,1H3,(H2,13,14). The number of aryl methyl sites for hydroxylation is 1.